The molecule has 1 saturated carbocycles. The maximum atomic E-state index is 6.22. The van der Waals surface area contributed by atoms with E-state index in [1.807, 2.05) is 12.3 Å². The number of nitrogens with two attached hydrogens (primary N) is 1. The first-order valence-electron chi connectivity index (χ1n) is 7.28. The summed E-state index contributed by atoms with van der Waals surface area (Å²) in [7, 11) is 0. The Bertz CT molecular complexity index is 397. The quantitative estimate of drug-likeness (QED) is 0.902. The molecule has 1 fully saturated rings. The van der Waals surface area contributed by atoms with Crippen LogP contribution in [0.4, 0.5) is 0 Å². The van der Waals surface area contributed by atoms with Crippen LogP contribution in [0.2, 0.25) is 5.02 Å². The summed E-state index contributed by atoms with van der Waals surface area (Å²) >= 11 is 6.22. The molecule has 1 aliphatic rings. The third-order valence-electron chi connectivity index (χ3n) is 4.28. The zero-order valence-electron chi connectivity index (χ0n) is 11.7. The summed E-state index contributed by atoms with van der Waals surface area (Å²) in [5.74, 6) is 0.634. The number of rotatable bonds is 5. The molecular weight excluding hydrogens is 258 g/mol. The molecule has 0 radical (unpaired) electrons. The maximum absolute atomic E-state index is 6.22. The van der Waals surface area contributed by atoms with Crippen LogP contribution in [0.25, 0.3) is 0 Å². The van der Waals surface area contributed by atoms with E-state index in [9.17, 15) is 0 Å². The Morgan fingerprint density at radius 2 is 2.21 bits per heavy atom. The predicted octanol–water partition coefficient (Wildman–Crippen LogP) is 3.07. The molecule has 1 aliphatic carbocycles. The van der Waals surface area contributed by atoms with E-state index in [1.54, 1.807) is 6.20 Å². The van der Waals surface area contributed by atoms with Crippen molar-refractivity contribution in [3.8, 4) is 0 Å². The van der Waals surface area contributed by atoms with Gasteiger partial charge in [-0.15, -0.1) is 0 Å². The summed E-state index contributed by atoms with van der Waals surface area (Å²) in [6.45, 7) is 4.96. The van der Waals surface area contributed by atoms with Crippen LogP contribution in [0.3, 0.4) is 0 Å². The van der Waals surface area contributed by atoms with Gasteiger partial charge in [-0.2, -0.15) is 0 Å². The van der Waals surface area contributed by atoms with Crippen LogP contribution in [0.5, 0.6) is 0 Å². The topological polar surface area (TPSA) is 42.2 Å². The standard InChI is InChI=1S/C15H24ClN3/c1-2-19(11-13-7-8-18-10-14(13)16)15-6-4-3-5-12(15)9-17/h7-8,10,12,15H,2-6,9,11,17H2,1H3. The lowest BCUT2D eigenvalue weighted by molar-refractivity contribution is 0.105. The molecule has 0 bridgehead atoms. The molecule has 1 aromatic rings. The second-order valence-corrected chi connectivity index (χ2v) is 5.78. The number of halogens is 1. The highest BCUT2D eigenvalue weighted by molar-refractivity contribution is 6.31. The van der Waals surface area contributed by atoms with Crippen LogP contribution >= 0.6 is 11.6 Å². The maximum Gasteiger partial charge on any atom is 0.0634 e. The molecule has 0 saturated heterocycles. The van der Waals surface area contributed by atoms with Crippen molar-refractivity contribution in [1.29, 1.82) is 0 Å². The lowest BCUT2D eigenvalue weighted by Crippen LogP contribution is -2.44. The molecular formula is C15H24ClN3. The summed E-state index contributed by atoms with van der Waals surface area (Å²) in [6, 6.07) is 2.62. The molecule has 19 heavy (non-hydrogen) atoms. The normalized spacial score (nSPS) is 23.8. The predicted molar refractivity (Wildman–Crippen MR) is 80.1 cm³/mol. The SMILES string of the molecule is CCN(Cc1ccncc1Cl)C1CCCCC1CN. The molecule has 2 rings (SSSR count). The van der Waals surface area contributed by atoms with Crippen molar-refractivity contribution in [1.82, 2.24) is 9.88 Å². The first-order valence-corrected chi connectivity index (χ1v) is 7.66. The smallest absolute Gasteiger partial charge is 0.0634 e. The van der Waals surface area contributed by atoms with Crippen molar-refractivity contribution < 1.29 is 0 Å². The van der Waals surface area contributed by atoms with Crippen molar-refractivity contribution in [3.63, 3.8) is 0 Å². The molecule has 0 spiro atoms. The van der Waals surface area contributed by atoms with Crippen LogP contribution < -0.4 is 5.73 Å². The van der Waals surface area contributed by atoms with Gasteiger partial charge in [-0.1, -0.05) is 31.4 Å². The van der Waals surface area contributed by atoms with Crippen LogP contribution in [-0.2, 0) is 6.54 Å². The molecule has 4 heteroatoms. The van der Waals surface area contributed by atoms with Crippen LogP contribution in [0.15, 0.2) is 18.5 Å². The van der Waals surface area contributed by atoms with Gasteiger partial charge in [-0.25, -0.2) is 0 Å². The highest BCUT2D eigenvalue weighted by Gasteiger charge is 2.28. The van der Waals surface area contributed by atoms with E-state index in [0.29, 0.717) is 12.0 Å². The van der Waals surface area contributed by atoms with Gasteiger partial charge in [0.1, 0.15) is 0 Å². The summed E-state index contributed by atoms with van der Waals surface area (Å²) in [4.78, 5) is 6.58. The third kappa shape index (κ3) is 3.68. The minimum atomic E-state index is 0.605. The zero-order valence-corrected chi connectivity index (χ0v) is 12.4. The van der Waals surface area contributed by atoms with E-state index in [2.05, 4.69) is 16.8 Å². The van der Waals surface area contributed by atoms with Crippen molar-refractivity contribution >= 4 is 11.6 Å². The Morgan fingerprint density at radius 3 is 2.89 bits per heavy atom. The Kier molecular flexibility index (Phi) is 5.61. The Hall–Kier alpha value is -0.640. The molecule has 2 atom stereocenters. The van der Waals surface area contributed by atoms with Crippen molar-refractivity contribution in [3.05, 3.63) is 29.0 Å². The summed E-state index contributed by atoms with van der Waals surface area (Å²) in [5, 5.41) is 0.765. The highest BCUT2D eigenvalue weighted by atomic mass is 35.5. The molecule has 1 heterocycles. The molecule has 1 aromatic heterocycles. The van der Waals surface area contributed by atoms with E-state index < -0.39 is 0 Å². The van der Waals surface area contributed by atoms with Gasteiger partial charge in [0.15, 0.2) is 0 Å². The van der Waals surface area contributed by atoms with Gasteiger partial charge in [0.25, 0.3) is 0 Å². The molecule has 0 aliphatic heterocycles. The summed E-state index contributed by atoms with van der Waals surface area (Å²) in [5.41, 5.74) is 7.11. The van der Waals surface area contributed by atoms with E-state index in [0.717, 1.165) is 24.7 Å². The minimum Gasteiger partial charge on any atom is -0.330 e. The number of nitrogens with zero attached hydrogens (tertiary/aromatic N) is 2. The first-order chi connectivity index (χ1) is 9.26. The Morgan fingerprint density at radius 1 is 1.42 bits per heavy atom. The zero-order chi connectivity index (χ0) is 13.7. The number of pyridine rings is 1. The Labute approximate surface area is 121 Å². The van der Waals surface area contributed by atoms with Gasteiger partial charge >= 0.3 is 0 Å². The van der Waals surface area contributed by atoms with E-state index in [1.165, 1.54) is 31.2 Å². The van der Waals surface area contributed by atoms with Crippen molar-refractivity contribution in [2.75, 3.05) is 13.1 Å². The number of hydrogen-bond acceptors (Lipinski definition) is 3. The monoisotopic (exact) mass is 281 g/mol. The van der Waals surface area contributed by atoms with Crippen LogP contribution in [-0.4, -0.2) is 29.0 Å². The summed E-state index contributed by atoms with van der Waals surface area (Å²) < 4.78 is 0. The molecule has 106 valence electrons. The highest BCUT2D eigenvalue weighted by Crippen LogP contribution is 2.29. The van der Waals surface area contributed by atoms with Crippen LogP contribution in [0, 0.1) is 5.92 Å². The lowest BCUT2D eigenvalue weighted by Gasteiger charge is -2.39. The van der Waals surface area contributed by atoms with Gasteiger partial charge < -0.3 is 5.73 Å². The second kappa shape index (κ2) is 7.22. The molecule has 2 unspecified atom stereocenters. The van der Waals surface area contributed by atoms with Crippen molar-refractivity contribution in [2.45, 2.75) is 45.2 Å². The van der Waals surface area contributed by atoms with Gasteiger partial charge in [0, 0.05) is 25.0 Å². The Balaban J connectivity index is 2.08. The molecule has 2 N–H and O–H groups in total. The fourth-order valence-corrected chi connectivity index (χ4v) is 3.34. The van der Waals surface area contributed by atoms with Gasteiger partial charge in [-0.05, 0) is 43.5 Å². The van der Waals surface area contributed by atoms with Gasteiger partial charge in [-0.3, -0.25) is 9.88 Å². The molecule has 0 amide bonds. The van der Waals surface area contributed by atoms with Crippen molar-refractivity contribution in [2.24, 2.45) is 11.7 Å². The van der Waals surface area contributed by atoms with E-state index in [-0.39, 0.29) is 0 Å². The van der Waals surface area contributed by atoms with E-state index >= 15 is 0 Å². The van der Waals surface area contributed by atoms with Crippen LogP contribution in [0.1, 0.15) is 38.2 Å². The second-order valence-electron chi connectivity index (χ2n) is 5.38. The van der Waals surface area contributed by atoms with E-state index in [4.69, 9.17) is 17.3 Å². The number of hydrogen-bond donors (Lipinski definition) is 1. The third-order valence-corrected chi connectivity index (χ3v) is 4.62. The largest absolute Gasteiger partial charge is 0.330 e. The minimum absolute atomic E-state index is 0.605. The lowest BCUT2D eigenvalue weighted by atomic mass is 9.83. The van der Waals surface area contributed by atoms with Gasteiger partial charge in [0.2, 0.25) is 0 Å². The molecule has 0 aromatic carbocycles. The summed E-state index contributed by atoms with van der Waals surface area (Å²) in [6.07, 6.45) is 8.72. The average Bonchev–Trinajstić information content (AvgIpc) is 2.46. The fourth-order valence-electron chi connectivity index (χ4n) is 3.16. The first kappa shape index (κ1) is 14.8. The fraction of sp³-hybridized carbons (Fsp3) is 0.667. The average molecular weight is 282 g/mol. The van der Waals surface area contributed by atoms with Gasteiger partial charge in [0.05, 0.1) is 5.02 Å². The number of aromatic nitrogens is 1. The molecule has 3 nitrogen and oxygen atoms in total.